The second kappa shape index (κ2) is 5.90. The summed E-state index contributed by atoms with van der Waals surface area (Å²) in [6, 6.07) is 8.12. The van der Waals surface area contributed by atoms with Gasteiger partial charge in [0.2, 0.25) is 0 Å². The Morgan fingerprint density at radius 3 is 2.50 bits per heavy atom. The van der Waals surface area contributed by atoms with Crippen molar-refractivity contribution < 1.29 is 9.90 Å². The predicted octanol–water partition coefficient (Wildman–Crippen LogP) is 3.44. The average molecular weight is 272 g/mol. The molecule has 2 aromatic rings. The van der Waals surface area contributed by atoms with Crippen molar-refractivity contribution in [3.05, 3.63) is 41.2 Å². The molecule has 20 heavy (non-hydrogen) atoms. The highest BCUT2D eigenvalue weighted by Gasteiger charge is 2.20. The summed E-state index contributed by atoms with van der Waals surface area (Å²) in [4.78, 5) is 11.4. The normalized spacial score (nSPS) is 10.8. The van der Waals surface area contributed by atoms with E-state index in [-0.39, 0.29) is 5.69 Å². The standard InChI is InChI=1S/C16H20N2O2/c1-4-5-6-12-7-9-13(10-8-12)14-11(2)17-18(3)15(14)16(19)20/h7-10H,4-6H2,1-3H3,(H,19,20). The fourth-order valence-electron chi connectivity index (χ4n) is 2.47. The van der Waals surface area contributed by atoms with Crippen LogP contribution in [0.15, 0.2) is 24.3 Å². The van der Waals surface area contributed by atoms with Gasteiger partial charge in [-0.25, -0.2) is 4.79 Å². The van der Waals surface area contributed by atoms with Crippen LogP contribution in [0.3, 0.4) is 0 Å². The van der Waals surface area contributed by atoms with Crippen molar-refractivity contribution in [3.63, 3.8) is 0 Å². The van der Waals surface area contributed by atoms with E-state index >= 15 is 0 Å². The summed E-state index contributed by atoms with van der Waals surface area (Å²) < 4.78 is 1.43. The maximum atomic E-state index is 11.4. The first-order chi connectivity index (χ1) is 9.54. The maximum absolute atomic E-state index is 11.4. The Morgan fingerprint density at radius 1 is 1.30 bits per heavy atom. The minimum absolute atomic E-state index is 0.240. The van der Waals surface area contributed by atoms with Gasteiger partial charge < -0.3 is 5.11 Å². The minimum atomic E-state index is -0.946. The number of hydrogen-bond acceptors (Lipinski definition) is 2. The van der Waals surface area contributed by atoms with E-state index in [2.05, 4.69) is 24.2 Å². The molecule has 0 unspecified atom stereocenters. The topological polar surface area (TPSA) is 55.1 Å². The number of hydrogen-bond donors (Lipinski definition) is 1. The Balaban J connectivity index is 2.39. The average Bonchev–Trinajstić information content (AvgIpc) is 2.72. The smallest absolute Gasteiger partial charge is 0.354 e. The molecule has 0 radical (unpaired) electrons. The molecular formula is C16H20N2O2. The molecule has 2 rings (SSSR count). The summed E-state index contributed by atoms with van der Waals surface area (Å²) in [5, 5.41) is 13.5. The molecular weight excluding hydrogens is 252 g/mol. The number of aromatic nitrogens is 2. The van der Waals surface area contributed by atoms with Gasteiger partial charge in [-0.1, -0.05) is 37.6 Å². The Bertz CT molecular complexity index is 612. The minimum Gasteiger partial charge on any atom is -0.477 e. The molecule has 0 bridgehead atoms. The van der Waals surface area contributed by atoms with E-state index in [1.54, 1.807) is 7.05 Å². The van der Waals surface area contributed by atoms with Crippen LogP contribution in [0.4, 0.5) is 0 Å². The number of nitrogens with zero attached hydrogens (tertiary/aromatic N) is 2. The predicted molar refractivity (Wildman–Crippen MR) is 79.0 cm³/mol. The highest BCUT2D eigenvalue weighted by atomic mass is 16.4. The fraction of sp³-hybridized carbons (Fsp3) is 0.375. The van der Waals surface area contributed by atoms with Crippen molar-refractivity contribution in [1.82, 2.24) is 9.78 Å². The summed E-state index contributed by atoms with van der Waals surface area (Å²) in [6.07, 6.45) is 3.41. The first kappa shape index (κ1) is 14.3. The summed E-state index contributed by atoms with van der Waals surface area (Å²) >= 11 is 0. The van der Waals surface area contributed by atoms with Gasteiger partial charge in [-0.2, -0.15) is 5.10 Å². The van der Waals surface area contributed by atoms with Gasteiger partial charge >= 0.3 is 5.97 Å². The summed E-state index contributed by atoms with van der Waals surface area (Å²) in [5.41, 5.74) is 3.89. The molecule has 1 heterocycles. The molecule has 0 saturated heterocycles. The number of aryl methyl sites for hydroxylation is 3. The van der Waals surface area contributed by atoms with E-state index in [4.69, 9.17) is 0 Å². The molecule has 4 heteroatoms. The second-order valence-electron chi connectivity index (χ2n) is 5.04. The van der Waals surface area contributed by atoms with E-state index in [0.717, 1.165) is 17.7 Å². The largest absolute Gasteiger partial charge is 0.477 e. The molecule has 0 aliphatic rings. The summed E-state index contributed by atoms with van der Waals surface area (Å²) in [7, 11) is 1.66. The number of aromatic carboxylic acids is 1. The zero-order chi connectivity index (χ0) is 14.7. The third kappa shape index (κ3) is 2.74. The van der Waals surface area contributed by atoms with Crippen LogP contribution in [0.1, 0.15) is 41.5 Å². The third-order valence-corrected chi connectivity index (χ3v) is 3.49. The lowest BCUT2D eigenvalue weighted by atomic mass is 10.00. The molecule has 1 N–H and O–H groups in total. The van der Waals surface area contributed by atoms with Gasteiger partial charge in [0, 0.05) is 12.6 Å². The molecule has 0 aliphatic heterocycles. The second-order valence-corrected chi connectivity index (χ2v) is 5.04. The highest BCUT2D eigenvalue weighted by molar-refractivity contribution is 5.95. The fourth-order valence-corrected chi connectivity index (χ4v) is 2.47. The van der Waals surface area contributed by atoms with Crippen LogP contribution < -0.4 is 0 Å². The zero-order valence-corrected chi connectivity index (χ0v) is 12.2. The van der Waals surface area contributed by atoms with Gasteiger partial charge in [-0.05, 0) is 30.9 Å². The van der Waals surface area contributed by atoms with E-state index in [9.17, 15) is 9.90 Å². The van der Waals surface area contributed by atoms with Gasteiger partial charge in [-0.15, -0.1) is 0 Å². The molecule has 4 nitrogen and oxygen atoms in total. The molecule has 0 spiro atoms. The maximum Gasteiger partial charge on any atom is 0.354 e. The molecule has 1 aromatic carbocycles. The van der Waals surface area contributed by atoms with Crippen LogP contribution >= 0.6 is 0 Å². The first-order valence-electron chi connectivity index (χ1n) is 6.90. The van der Waals surface area contributed by atoms with Crippen LogP contribution in [0, 0.1) is 6.92 Å². The van der Waals surface area contributed by atoms with Gasteiger partial charge in [0.15, 0.2) is 5.69 Å². The number of benzene rings is 1. The van der Waals surface area contributed by atoms with E-state index in [0.29, 0.717) is 5.56 Å². The van der Waals surface area contributed by atoms with Gasteiger partial charge in [0.25, 0.3) is 0 Å². The van der Waals surface area contributed by atoms with Crippen molar-refractivity contribution in [1.29, 1.82) is 0 Å². The zero-order valence-electron chi connectivity index (χ0n) is 12.2. The molecule has 1 aromatic heterocycles. The lowest BCUT2D eigenvalue weighted by Crippen LogP contribution is -2.06. The molecule has 0 fully saturated rings. The Kier molecular flexibility index (Phi) is 4.23. The number of rotatable bonds is 5. The first-order valence-corrected chi connectivity index (χ1v) is 6.90. The van der Waals surface area contributed by atoms with Crippen LogP contribution in [0.5, 0.6) is 0 Å². The van der Waals surface area contributed by atoms with Crippen molar-refractivity contribution in [2.75, 3.05) is 0 Å². The SMILES string of the molecule is CCCCc1ccc(-c2c(C)nn(C)c2C(=O)O)cc1. The lowest BCUT2D eigenvalue weighted by Gasteiger charge is -2.05. The highest BCUT2D eigenvalue weighted by Crippen LogP contribution is 2.27. The Hall–Kier alpha value is -2.10. The van der Waals surface area contributed by atoms with Crippen molar-refractivity contribution in [2.24, 2.45) is 7.05 Å². The third-order valence-electron chi connectivity index (χ3n) is 3.49. The van der Waals surface area contributed by atoms with E-state index in [1.165, 1.54) is 23.1 Å². The summed E-state index contributed by atoms with van der Waals surface area (Å²) in [6.45, 7) is 4.01. The lowest BCUT2D eigenvalue weighted by molar-refractivity contribution is 0.0686. The Morgan fingerprint density at radius 2 is 1.95 bits per heavy atom. The number of unbranched alkanes of at least 4 members (excludes halogenated alkanes) is 1. The van der Waals surface area contributed by atoms with Crippen molar-refractivity contribution in [2.45, 2.75) is 33.1 Å². The van der Waals surface area contributed by atoms with Crippen molar-refractivity contribution >= 4 is 5.97 Å². The number of carboxylic acid groups (broad SMARTS) is 1. The van der Waals surface area contributed by atoms with Crippen LogP contribution in [0.2, 0.25) is 0 Å². The summed E-state index contributed by atoms with van der Waals surface area (Å²) in [5.74, 6) is -0.946. The van der Waals surface area contributed by atoms with E-state index < -0.39 is 5.97 Å². The molecule has 0 amide bonds. The monoisotopic (exact) mass is 272 g/mol. The molecule has 0 aliphatic carbocycles. The van der Waals surface area contributed by atoms with Gasteiger partial charge in [0.05, 0.1) is 5.69 Å². The number of carbonyl (C=O) groups is 1. The van der Waals surface area contributed by atoms with E-state index in [1.807, 2.05) is 19.1 Å². The molecule has 0 atom stereocenters. The van der Waals surface area contributed by atoms with Crippen LogP contribution in [0.25, 0.3) is 11.1 Å². The van der Waals surface area contributed by atoms with Crippen LogP contribution in [-0.4, -0.2) is 20.9 Å². The molecule has 106 valence electrons. The quantitative estimate of drug-likeness (QED) is 0.907. The van der Waals surface area contributed by atoms with Gasteiger partial charge in [-0.3, -0.25) is 4.68 Å². The Labute approximate surface area is 119 Å². The van der Waals surface area contributed by atoms with Crippen LogP contribution in [-0.2, 0) is 13.5 Å². The number of carboxylic acids is 1. The molecule has 0 saturated carbocycles. The van der Waals surface area contributed by atoms with Gasteiger partial charge in [0.1, 0.15) is 0 Å². The van der Waals surface area contributed by atoms with Crippen molar-refractivity contribution in [3.8, 4) is 11.1 Å².